The normalized spacial score (nSPS) is 44.7. The molecule has 4 unspecified atom stereocenters. The van der Waals surface area contributed by atoms with Gasteiger partial charge < -0.3 is 5.73 Å². The van der Waals surface area contributed by atoms with E-state index in [0.717, 1.165) is 11.8 Å². The molecule has 4 nitrogen and oxygen atoms in total. The van der Waals surface area contributed by atoms with Crippen molar-refractivity contribution in [3.63, 3.8) is 0 Å². The Hall–Kier alpha value is -0.130. The molecular weight excluding hydrogens is 224 g/mol. The highest BCUT2D eigenvalue weighted by atomic mass is 32.2. The van der Waals surface area contributed by atoms with Crippen molar-refractivity contribution in [2.45, 2.75) is 31.7 Å². The van der Waals surface area contributed by atoms with E-state index in [-0.39, 0.29) is 11.8 Å². The van der Waals surface area contributed by atoms with Crippen LogP contribution in [0, 0.1) is 23.7 Å². The van der Waals surface area contributed by atoms with Gasteiger partial charge in [-0.3, -0.25) is 0 Å². The predicted octanol–water partition coefficient (Wildman–Crippen LogP) is 0.299. The standard InChI is InChI=1S/C11H20N2O2S/c12-4-1-5-16(14,15)13-11-9-7-2-3-8(6-7)10(9)11/h7-11,13H,1-6,12H2. The first-order chi connectivity index (χ1) is 7.62. The molecule has 0 aromatic heterocycles. The summed E-state index contributed by atoms with van der Waals surface area (Å²) in [5, 5.41) is 0. The number of sulfonamides is 1. The summed E-state index contributed by atoms with van der Waals surface area (Å²) in [6.45, 7) is 0.448. The summed E-state index contributed by atoms with van der Waals surface area (Å²) in [7, 11) is -3.07. The van der Waals surface area contributed by atoms with E-state index >= 15 is 0 Å². The lowest BCUT2D eigenvalue weighted by atomic mass is 10.0. The highest BCUT2D eigenvalue weighted by Gasteiger charge is 2.65. The molecule has 3 fully saturated rings. The fraction of sp³-hybridized carbons (Fsp3) is 1.00. The van der Waals surface area contributed by atoms with Gasteiger partial charge in [0.1, 0.15) is 0 Å². The van der Waals surface area contributed by atoms with Gasteiger partial charge in [0, 0.05) is 6.04 Å². The SMILES string of the molecule is NCCCS(=O)(=O)NC1C2C3CCC(C3)C12. The maximum absolute atomic E-state index is 11.7. The van der Waals surface area contributed by atoms with Crippen molar-refractivity contribution in [3.8, 4) is 0 Å². The lowest BCUT2D eigenvalue weighted by Gasteiger charge is -2.10. The van der Waals surface area contributed by atoms with Crippen LogP contribution in [0.2, 0.25) is 0 Å². The second-order valence-corrected chi connectivity index (χ2v) is 7.47. The summed E-state index contributed by atoms with van der Waals surface area (Å²) in [4.78, 5) is 0. The molecule has 0 aliphatic heterocycles. The van der Waals surface area contributed by atoms with Crippen LogP contribution in [0.1, 0.15) is 25.7 Å². The van der Waals surface area contributed by atoms with Crippen LogP contribution in [0.25, 0.3) is 0 Å². The molecule has 0 spiro atoms. The van der Waals surface area contributed by atoms with Gasteiger partial charge in [0.2, 0.25) is 10.0 Å². The Kier molecular flexibility index (Phi) is 2.53. The summed E-state index contributed by atoms with van der Waals surface area (Å²) in [6, 6.07) is 0.272. The fourth-order valence-corrected chi connectivity index (χ4v) is 5.42. The van der Waals surface area contributed by atoms with Gasteiger partial charge in [-0.2, -0.15) is 0 Å². The van der Waals surface area contributed by atoms with Crippen LogP contribution in [-0.2, 0) is 10.0 Å². The van der Waals surface area contributed by atoms with Crippen LogP contribution in [-0.4, -0.2) is 26.8 Å². The van der Waals surface area contributed by atoms with Crippen molar-refractivity contribution in [3.05, 3.63) is 0 Å². The van der Waals surface area contributed by atoms with Gasteiger partial charge in [-0.25, -0.2) is 13.1 Å². The monoisotopic (exact) mass is 244 g/mol. The number of nitrogens with one attached hydrogen (secondary N) is 1. The molecule has 16 heavy (non-hydrogen) atoms. The summed E-state index contributed by atoms with van der Waals surface area (Å²) >= 11 is 0. The van der Waals surface area contributed by atoms with E-state index in [2.05, 4.69) is 4.72 Å². The zero-order valence-corrected chi connectivity index (χ0v) is 10.2. The van der Waals surface area contributed by atoms with Gasteiger partial charge in [-0.1, -0.05) is 0 Å². The van der Waals surface area contributed by atoms with Crippen LogP contribution in [0.15, 0.2) is 0 Å². The Balaban J connectivity index is 1.58. The van der Waals surface area contributed by atoms with Crippen molar-refractivity contribution in [1.82, 2.24) is 4.72 Å². The van der Waals surface area contributed by atoms with Gasteiger partial charge in [0.05, 0.1) is 5.75 Å². The van der Waals surface area contributed by atoms with Crippen LogP contribution in [0.4, 0.5) is 0 Å². The van der Waals surface area contributed by atoms with Gasteiger partial charge in [-0.05, 0) is 55.9 Å². The molecule has 3 rings (SSSR count). The Morgan fingerprint density at radius 3 is 2.38 bits per heavy atom. The minimum Gasteiger partial charge on any atom is -0.330 e. The van der Waals surface area contributed by atoms with Crippen LogP contribution in [0.3, 0.4) is 0 Å². The molecule has 2 bridgehead atoms. The average molecular weight is 244 g/mol. The quantitative estimate of drug-likeness (QED) is 0.730. The zero-order chi connectivity index (χ0) is 11.3. The molecule has 3 aliphatic carbocycles. The van der Waals surface area contributed by atoms with Crippen molar-refractivity contribution < 1.29 is 8.42 Å². The molecule has 0 aromatic carbocycles. The molecule has 0 radical (unpaired) electrons. The lowest BCUT2D eigenvalue weighted by Crippen LogP contribution is -2.32. The molecule has 4 atom stereocenters. The number of hydrogen-bond donors (Lipinski definition) is 2. The maximum atomic E-state index is 11.7. The van der Waals surface area contributed by atoms with Crippen molar-refractivity contribution in [1.29, 1.82) is 0 Å². The predicted molar refractivity (Wildman–Crippen MR) is 62.2 cm³/mol. The van der Waals surface area contributed by atoms with Crippen molar-refractivity contribution in [2.24, 2.45) is 29.4 Å². The minimum atomic E-state index is -3.07. The Morgan fingerprint density at radius 1 is 1.19 bits per heavy atom. The molecule has 92 valence electrons. The van der Waals surface area contributed by atoms with Crippen LogP contribution >= 0.6 is 0 Å². The molecule has 3 saturated carbocycles. The second kappa shape index (κ2) is 3.68. The number of rotatable bonds is 5. The Morgan fingerprint density at radius 2 is 1.81 bits per heavy atom. The van der Waals surface area contributed by atoms with E-state index in [1.165, 1.54) is 19.3 Å². The van der Waals surface area contributed by atoms with E-state index in [1.807, 2.05) is 0 Å². The molecule has 0 saturated heterocycles. The fourth-order valence-electron chi connectivity index (χ4n) is 4.02. The third-order valence-electron chi connectivity index (χ3n) is 4.67. The molecule has 0 amide bonds. The molecule has 0 aromatic rings. The van der Waals surface area contributed by atoms with E-state index in [9.17, 15) is 8.42 Å². The maximum Gasteiger partial charge on any atom is 0.211 e. The van der Waals surface area contributed by atoms with Crippen LogP contribution < -0.4 is 10.5 Å². The molecule has 5 heteroatoms. The van der Waals surface area contributed by atoms with E-state index in [4.69, 9.17) is 5.73 Å². The van der Waals surface area contributed by atoms with Gasteiger partial charge >= 0.3 is 0 Å². The Labute approximate surface area is 97.0 Å². The van der Waals surface area contributed by atoms with Crippen LogP contribution in [0.5, 0.6) is 0 Å². The van der Waals surface area contributed by atoms with Crippen molar-refractivity contribution in [2.75, 3.05) is 12.3 Å². The summed E-state index contributed by atoms with van der Waals surface area (Å²) < 4.78 is 26.4. The molecule has 3 aliphatic rings. The van der Waals surface area contributed by atoms with E-state index < -0.39 is 10.0 Å². The first-order valence-electron chi connectivity index (χ1n) is 6.32. The first-order valence-corrected chi connectivity index (χ1v) is 7.97. The van der Waals surface area contributed by atoms with Crippen molar-refractivity contribution >= 4 is 10.0 Å². The second-order valence-electron chi connectivity index (χ2n) is 5.59. The van der Waals surface area contributed by atoms with E-state index in [0.29, 0.717) is 24.8 Å². The molecular formula is C11H20N2O2S. The third-order valence-corrected chi connectivity index (χ3v) is 6.13. The number of fused-ring (bicyclic) bond motifs is 5. The van der Waals surface area contributed by atoms with Gasteiger partial charge in [0.25, 0.3) is 0 Å². The summed E-state index contributed by atoms with van der Waals surface area (Å²) in [5.41, 5.74) is 5.34. The Bertz CT molecular complexity index is 365. The number of nitrogens with two attached hydrogens (primary N) is 1. The smallest absolute Gasteiger partial charge is 0.211 e. The van der Waals surface area contributed by atoms with Gasteiger partial charge in [-0.15, -0.1) is 0 Å². The highest BCUT2D eigenvalue weighted by Crippen LogP contribution is 2.65. The topological polar surface area (TPSA) is 72.2 Å². The first kappa shape index (κ1) is 11.0. The number of hydrogen-bond acceptors (Lipinski definition) is 3. The van der Waals surface area contributed by atoms with E-state index in [1.54, 1.807) is 0 Å². The molecule has 3 N–H and O–H groups in total. The zero-order valence-electron chi connectivity index (χ0n) is 9.43. The summed E-state index contributed by atoms with van der Waals surface area (Å²) in [6.07, 6.45) is 4.57. The third kappa shape index (κ3) is 1.69. The summed E-state index contributed by atoms with van der Waals surface area (Å²) in [5.74, 6) is 3.17. The highest BCUT2D eigenvalue weighted by molar-refractivity contribution is 7.89. The average Bonchev–Trinajstić information content (AvgIpc) is 2.65. The van der Waals surface area contributed by atoms with Gasteiger partial charge in [0.15, 0.2) is 0 Å². The lowest BCUT2D eigenvalue weighted by molar-refractivity contribution is 0.456. The minimum absolute atomic E-state index is 0.189. The largest absolute Gasteiger partial charge is 0.330 e. The molecule has 0 heterocycles.